The van der Waals surface area contributed by atoms with Crippen LogP contribution in [-0.4, -0.2) is 47.3 Å². The molecule has 0 aliphatic carbocycles. The summed E-state index contributed by atoms with van der Waals surface area (Å²) in [5.41, 5.74) is 5.49. The zero-order valence-electron chi connectivity index (χ0n) is 16.6. The third-order valence-corrected chi connectivity index (χ3v) is 5.04. The van der Waals surface area contributed by atoms with E-state index in [4.69, 9.17) is 4.98 Å². The number of aromatic nitrogens is 8. The maximum absolute atomic E-state index is 4.71. The summed E-state index contributed by atoms with van der Waals surface area (Å²) in [6, 6.07) is 15.9. The van der Waals surface area contributed by atoms with Crippen LogP contribution in [0.4, 0.5) is 11.5 Å². The molecule has 0 unspecified atom stereocenters. The second-order valence-corrected chi connectivity index (χ2v) is 6.82. The molecule has 1 aromatic carbocycles. The van der Waals surface area contributed by atoms with Crippen LogP contribution in [-0.2, 0) is 6.42 Å². The highest BCUT2D eigenvalue weighted by atomic mass is 15.5. The number of hydrogen-bond acceptors (Lipinski definition) is 7. The fourth-order valence-electron chi connectivity index (χ4n) is 3.43. The van der Waals surface area contributed by atoms with Crippen molar-refractivity contribution in [3.8, 4) is 22.6 Å². The topological polar surface area (TPSA) is 101 Å². The van der Waals surface area contributed by atoms with Gasteiger partial charge in [0.2, 0.25) is 0 Å². The Hall–Kier alpha value is -4.14. The molecule has 5 rings (SSSR count). The molecule has 9 nitrogen and oxygen atoms in total. The summed E-state index contributed by atoms with van der Waals surface area (Å²) in [5, 5.41) is 18.6. The van der Waals surface area contributed by atoms with E-state index >= 15 is 0 Å². The van der Waals surface area contributed by atoms with Crippen molar-refractivity contribution in [1.29, 1.82) is 0 Å². The predicted molar refractivity (Wildman–Crippen MR) is 113 cm³/mol. The average Bonchev–Trinajstić information content (AvgIpc) is 3.50. The van der Waals surface area contributed by atoms with Gasteiger partial charge in [-0.25, -0.2) is 10.1 Å². The number of aromatic amines is 1. The van der Waals surface area contributed by atoms with Gasteiger partial charge in [0.25, 0.3) is 0 Å². The van der Waals surface area contributed by atoms with Crippen LogP contribution in [0.3, 0.4) is 0 Å². The molecule has 0 saturated carbocycles. The minimum Gasteiger partial charge on any atom is -0.328 e. The highest BCUT2D eigenvalue weighted by Gasteiger charge is 2.14. The van der Waals surface area contributed by atoms with Crippen LogP contribution in [0, 0.1) is 0 Å². The lowest BCUT2D eigenvalue weighted by Crippen LogP contribution is -2.15. The Labute approximate surface area is 172 Å². The van der Waals surface area contributed by atoms with Crippen molar-refractivity contribution in [2.75, 3.05) is 11.9 Å². The van der Waals surface area contributed by atoms with Crippen molar-refractivity contribution in [3.63, 3.8) is 0 Å². The van der Waals surface area contributed by atoms with E-state index in [1.807, 2.05) is 60.2 Å². The lowest BCUT2D eigenvalue weighted by atomic mass is 10.0. The molecule has 0 saturated heterocycles. The number of tetrazole rings is 1. The molecule has 1 N–H and O–H groups in total. The molecule has 9 heteroatoms. The first-order chi connectivity index (χ1) is 14.7. The van der Waals surface area contributed by atoms with Crippen molar-refractivity contribution in [3.05, 3.63) is 66.6 Å². The second kappa shape index (κ2) is 7.36. The Morgan fingerprint density at radius 3 is 2.67 bits per heavy atom. The molecule has 0 radical (unpaired) electrons. The second-order valence-electron chi connectivity index (χ2n) is 6.82. The highest BCUT2D eigenvalue weighted by Crippen LogP contribution is 2.30. The molecule has 148 valence electrons. The molecule has 0 bridgehead atoms. The normalized spacial score (nSPS) is 11.1. The van der Waals surface area contributed by atoms with Crippen LogP contribution < -0.4 is 4.90 Å². The van der Waals surface area contributed by atoms with Crippen molar-refractivity contribution in [2.24, 2.45) is 0 Å². The van der Waals surface area contributed by atoms with Gasteiger partial charge in [-0.1, -0.05) is 31.2 Å². The highest BCUT2D eigenvalue weighted by molar-refractivity contribution is 5.79. The van der Waals surface area contributed by atoms with E-state index in [-0.39, 0.29) is 0 Å². The number of fused-ring (bicyclic) bond motifs is 1. The van der Waals surface area contributed by atoms with Gasteiger partial charge >= 0.3 is 0 Å². The monoisotopic (exact) mass is 397 g/mol. The third-order valence-electron chi connectivity index (χ3n) is 5.04. The number of H-pyrrole nitrogens is 1. The van der Waals surface area contributed by atoms with E-state index in [0.717, 1.165) is 46.1 Å². The third kappa shape index (κ3) is 3.06. The minimum absolute atomic E-state index is 0.610. The molecule has 0 aliphatic rings. The lowest BCUT2D eigenvalue weighted by Gasteiger charge is -2.21. The first-order valence-electron chi connectivity index (χ1n) is 9.61. The number of anilines is 2. The van der Waals surface area contributed by atoms with Crippen molar-refractivity contribution >= 4 is 17.2 Å². The standard InChI is InChI=1S/C21H19N9/c1-3-14-12-20(30-19(24-14)10-11-23-30)29(2)15-8-9-18(22-13-15)16-6-4-5-7-17(16)21-25-27-28-26-21/h4-13H,3H2,1-2H3,(H,25,26,27,28). The first kappa shape index (κ1) is 17.9. The molecule has 0 spiro atoms. The van der Waals surface area contributed by atoms with E-state index in [0.29, 0.717) is 5.82 Å². The van der Waals surface area contributed by atoms with Crippen molar-refractivity contribution in [1.82, 2.24) is 40.2 Å². The Bertz CT molecular complexity index is 1290. The molecule has 4 heterocycles. The number of benzene rings is 1. The molecule has 5 aromatic rings. The number of pyridine rings is 1. The van der Waals surface area contributed by atoms with Crippen LogP contribution in [0.25, 0.3) is 28.3 Å². The van der Waals surface area contributed by atoms with Crippen LogP contribution in [0.5, 0.6) is 0 Å². The maximum Gasteiger partial charge on any atom is 0.180 e. The number of aryl methyl sites for hydroxylation is 1. The summed E-state index contributed by atoms with van der Waals surface area (Å²) in [6.07, 6.45) is 4.47. The molecule has 0 amide bonds. The Morgan fingerprint density at radius 2 is 1.93 bits per heavy atom. The maximum atomic E-state index is 4.71. The Morgan fingerprint density at radius 1 is 1.07 bits per heavy atom. The van der Waals surface area contributed by atoms with Gasteiger partial charge in [0.1, 0.15) is 5.82 Å². The fourth-order valence-corrected chi connectivity index (χ4v) is 3.43. The molecular formula is C21H19N9. The van der Waals surface area contributed by atoms with Gasteiger partial charge in [-0.05, 0) is 29.0 Å². The first-order valence-corrected chi connectivity index (χ1v) is 9.61. The quantitative estimate of drug-likeness (QED) is 0.485. The summed E-state index contributed by atoms with van der Waals surface area (Å²) in [6.45, 7) is 2.09. The number of nitrogens with one attached hydrogen (secondary N) is 1. The van der Waals surface area contributed by atoms with Gasteiger partial charge in [-0.15, -0.1) is 5.10 Å². The van der Waals surface area contributed by atoms with E-state index < -0.39 is 0 Å². The van der Waals surface area contributed by atoms with Gasteiger partial charge < -0.3 is 4.90 Å². The van der Waals surface area contributed by atoms with Gasteiger partial charge in [-0.2, -0.15) is 9.61 Å². The predicted octanol–water partition coefficient (Wildman–Crippen LogP) is 3.30. The van der Waals surface area contributed by atoms with Gasteiger partial charge in [0.05, 0.1) is 23.8 Å². The number of rotatable bonds is 5. The summed E-state index contributed by atoms with van der Waals surface area (Å²) in [7, 11) is 2.00. The zero-order valence-corrected chi connectivity index (χ0v) is 16.6. The van der Waals surface area contributed by atoms with Crippen molar-refractivity contribution in [2.45, 2.75) is 13.3 Å². The zero-order chi connectivity index (χ0) is 20.5. The van der Waals surface area contributed by atoms with E-state index in [1.54, 1.807) is 6.20 Å². The lowest BCUT2D eigenvalue weighted by molar-refractivity contribution is 0.881. The smallest absolute Gasteiger partial charge is 0.180 e. The molecule has 0 aliphatic heterocycles. The summed E-state index contributed by atoms with van der Waals surface area (Å²) in [4.78, 5) is 11.4. The van der Waals surface area contributed by atoms with E-state index in [2.05, 4.69) is 48.6 Å². The molecule has 30 heavy (non-hydrogen) atoms. The SMILES string of the molecule is CCc1cc(N(C)c2ccc(-c3ccccc3-c3nnn[nH]3)nc2)n2nccc2n1. The molecule has 4 aromatic heterocycles. The van der Waals surface area contributed by atoms with Crippen LogP contribution in [0.1, 0.15) is 12.6 Å². The summed E-state index contributed by atoms with van der Waals surface area (Å²) in [5.74, 6) is 1.54. The van der Waals surface area contributed by atoms with Crippen LogP contribution in [0.15, 0.2) is 60.9 Å². The van der Waals surface area contributed by atoms with Crippen LogP contribution in [0.2, 0.25) is 0 Å². The van der Waals surface area contributed by atoms with E-state index in [1.165, 1.54) is 0 Å². The fraction of sp³-hybridized carbons (Fsp3) is 0.143. The van der Waals surface area contributed by atoms with E-state index in [9.17, 15) is 0 Å². The van der Waals surface area contributed by atoms with Gasteiger partial charge in [0, 0.05) is 36.0 Å². The largest absolute Gasteiger partial charge is 0.328 e. The number of hydrogen-bond donors (Lipinski definition) is 1. The molecular weight excluding hydrogens is 378 g/mol. The minimum atomic E-state index is 0.610. The molecule has 0 fully saturated rings. The summed E-state index contributed by atoms with van der Waals surface area (Å²) < 4.78 is 1.83. The van der Waals surface area contributed by atoms with Gasteiger partial charge in [-0.3, -0.25) is 4.98 Å². The Kier molecular flexibility index (Phi) is 4.40. The van der Waals surface area contributed by atoms with Gasteiger partial charge in [0.15, 0.2) is 11.5 Å². The molecule has 0 atom stereocenters. The number of nitrogens with zero attached hydrogens (tertiary/aromatic N) is 8. The Balaban J connectivity index is 1.52. The van der Waals surface area contributed by atoms with Crippen molar-refractivity contribution < 1.29 is 0 Å². The average molecular weight is 397 g/mol. The summed E-state index contributed by atoms with van der Waals surface area (Å²) >= 11 is 0. The van der Waals surface area contributed by atoms with Crippen LogP contribution >= 0.6 is 0 Å².